The predicted octanol–water partition coefficient (Wildman–Crippen LogP) is 3.12. The molecule has 0 saturated carbocycles. The van der Waals surface area contributed by atoms with Crippen molar-refractivity contribution in [3.8, 4) is 0 Å². The highest BCUT2D eigenvalue weighted by Gasteiger charge is 2.31. The molecular formula is C17H26N2S. The van der Waals surface area contributed by atoms with Crippen LogP contribution in [0.5, 0.6) is 0 Å². The van der Waals surface area contributed by atoms with E-state index in [0.717, 1.165) is 6.54 Å². The zero-order chi connectivity index (χ0) is 13.9. The molecule has 0 aromatic heterocycles. The summed E-state index contributed by atoms with van der Waals surface area (Å²) in [6, 6.07) is 7.81. The Kier molecular flexibility index (Phi) is 4.69. The topological polar surface area (TPSA) is 15.3 Å². The minimum atomic E-state index is 0.664. The number of nitrogens with one attached hydrogen (secondary N) is 1. The Morgan fingerprint density at radius 3 is 3.05 bits per heavy atom. The molecule has 3 rings (SSSR count). The van der Waals surface area contributed by atoms with E-state index in [0.29, 0.717) is 12.0 Å². The van der Waals surface area contributed by atoms with Gasteiger partial charge in [0.2, 0.25) is 0 Å². The summed E-state index contributed by atoms with van der Waals surface area (Å²) in [5.74, 6) is 0.713. The number of hydrogen-bond acceptors (Lipinski definition) is 3. The second-order valence-electron chi connectivity index (χ2n) is 6.17. The molecule has 0 amide bonds. The number of rotatable bonds is 2. The molecular weight excluding hydrogens is 264 g/mol. The molecule has 20 heavy (non-hydrogen) atoms. The molecule has 0 radical (unpaired) electrons. The monoisotopic (exact) mass is 290 g/mol. The van der Waals surface area contributed by atoms with Crippen LogP contribution in [0.1, 0.15) is 36.3 Å². The normalized spacial score (nSPS) is 27.9. The first-order valence-electron chi connectivity index (χ1n) is 7.87. The van der Waals surface area contributed by atoms with Gasteiger partial charge in [0.15, 0.2) is 0 Å². The molecule has 1 fully saturated rings. The van der Waals surface area contributed by atoms with Crippen molar-refractivity contribution in [3.05, 3.63) is 29.3 Å². The van der Waals surface area contributed by atoms with Crippen LogP contribution in [-0.2, 0) is 6.42 Å². The summed E-state index contributed by atoms with van der Waals surface area (Å²) < 4.78 is 0. The van der Waals surface area contributed by atoms with Crippen LogP contribution in [0.3, 0.4) is 0 Å². The van der Waals surface area contributed by atoms with Crippen molar-refractivity contribution >= 4 is 11.8 Å². The lowest BCUT2D eigenvalue weighted by Gasteiger charge is -2.37. The summed E-state index contributed by atoms with van der Waals surface area (Å²) in [6.07, 6.45) is 7.41. The Balaban J connectivity index is 1.88. The van der Waals surface area contributed by atoms with Gasteiger partial charge in [-0.2, -0.15) is 0 Å². The van der Waals surface area contributed by atoms with Crippen LogP contribution in [0.15, 0.2) is 23.1 Å². The van der Waals surface area contributed by atoms with Crippen molar-refractivity contribution in [1.29, 1.82) is 0 Å². The van der Waals surface area contributed by atoms with E-state index in [1.54, 1.807) is 11.1 Å². The lowest BCUT2D eigenvalue weighted by Crippen LogP contribution is -2.42. The second kappa shape index (κ2) is 6.50. The van der Waals surface area contributed by atoms with Crippen LogP contribution in [0.25, 0.3) is 0 Å². The van der Waals surface area contributed by atoms with E-state index in [4.69, 9.17) is 0 Å². The van der Waals surface area contributed by atoms with Crippen molar-refractivity contribution in [3.63, 3.8) is 0 Å². The Hall–Kier alpha value is -0.510. The smallest absolute Gasteiger partial charge is 0.0286 e. The van der Waals surface area contributed by atoms with E-state index in [1.807, 2.05) is 11.8 Å². The summed E-state index contributed by atoms with van der Waals surface area (Å²) >= 11 is 1.86. The summed E-state index contributed by atoms with van der Waals surface area (Å²) in [5, 5.41) is 3.63. The first-order chi connectivity index (χ1) is 9.79. The van der Waals surface area contributed by atoms with Crippen molar-refractivity contribution in [2.45, 2.75) is 42.5 Å². The maximum atomic E-state index is 3.63. The third-order valence-corrected chi connectivity index (χ3v) is 5.68. The molecule has 2 unspecified atom stereocenters. The molecule has 1 heterocycles. The molecule has 2 aliphatic rings. The molecule has 1 N–H and O–H groups in total. The van der Waals surface area contributed by atoms with Gasteiger partial charge in [0.25, 0.3) is 0 Å². The van der Waals surface area contributed by atoms with Crippen LogP contribution in [0.2, 0.25) is 0 Å². The largest absolute Gasteiger partial charge is 0.315 e. The number of thioether (sulfide) groups is 1. The van der Waals surface area contributed by atoms with E-state index in [9.17, 15) is 0 Å². The Bertz CT molecular complexity index is 460. The van der Waals surface area contributed by atoms with Gasteiger partial charge in [0, 0.05) is 23.4 Å². The van der Waals surface area contributed by atoms with Crippen LogP contribution in [-0.4, -0.2) is 43.9 Å². The van der Waals surface area contributed by atoms with Gasteiger partial charge in [-0.05, 0) is 75.3 Å². The molecule has 2 atom stereocenters. The van der Waals surface area contributed by atoms with Gasteiger partial charge in [0.1, 0.15) is 0 Å². The van der Waals surface area contributed by atoms with E-state index < -0.39 is 0 Å². The van der Waals surface area contributed by atoms with Crippen LogP contribution in [0, 0.1) is 0 Å². The van der Waals surface area contributed by atoms with E-state index in [2.05, 4.69) is 41.7 Å². The molecule has 110 valence electrons. The fraction of sp³-hybridized carbons (Fsp3) is 0.647. The zero-order valence-corrected chi connectivity index (χ0v) is 13.5. The fourth-order valence-corrected chi connectivity index (χ4v) is 4.29. The van der Waals surface area contributed by atoms with Crippen LogP contribution >= 0.6 is 11.8 Å². The minimum absolute atomic E-state index is 0.664. The summed E-state index contributed by atoms with van der Waals surface area (Å²) in [6.45, 7) is 3.54. The molecule has 2 nitrogen and oxygen atoms in total. The zero-order valence-electron chi connectivity index (χ0n) is 12.7. The van der Waals surface area contributed by atoms with Crippen molar-refractivity contribution in [1.82, 2.24) is 10.2 Å². The lowest BCUT2D eigenvalue weighted by atomic mass is 9.78. The lowest BCUT2D eigenvalue weighted by molar-refractivity contribution is 0.212. The average Bonchev–Trinajstić information content (AvgIpc) is 2.70. The number of likely N-dealkylation sites (N-methyl/N-ethyl adjacent to an activating group) is 1. The Morgan fingerprint density at radius 2 is 2.20 bits per heavy atom. The van der Waals surface area contributed by atoms with Gasteiger partial charge in [-0.1, -0.05) is 6.07 Å². The number of nitrogens with zero attached hydrogens (tertiary/aromatic N) is 1. The van der Waals surface area contributed by atoms with Gasteiger partial charge in [-0.25, -0.2) is 0 Å². The number of fused-ring (bicyclic) bond motifs is 1. The molecule has 1 aliphatic carbocycles. The predicted molar refractivity (Wildman–Crippen MR) is 87.8 cm³/mol. The van der Waals surface area contributed by atoms with E-state index in [1.165, 1.54) is 43.7 Å². The molecule has 1 saturated heterocycles. The maximum Gasteiger partial charge on any atom is 0.0286 e. The van der Waals surface area contributed by atoms with Crippen molar-refractivity contribution in [2.24, 2.45) is 0 Å². The van der Waals surface area contributed by atoms with Gasteiger partial charge in [-0.3, -0.25) is 0 Å². The summed E-state index contributed by atoms with van der Waals surface area (Å²) in [7, 11) is 2.31. The Morgan fingerprint density at radius 1 is 1.30 bits per heavy atom. The maximum absolute atomic E-state index is 3.63. The number of benzene rings is 1. The first-order valence-corrected chi connectivity index (χ1v) is 9.10. The molecule has 1 aliphatic heterocycles. The quantitative estimate of drug-likeness (QED) is 0.843. The first kappa shape index (κ1) is 14.4. The standard InChI is InChI=1S/C17H26N2S/c1-19-10-4-9-18-12-17(19)16-6-3-5-13-11-14(20-2)7-8-15(13)16/h7-8,11,16-18H,3-6,9-10,12H2,1-2H3. The highest BCUT2D eigenvalue weighted by molar-refractivity contribution is 7.98. The molecule has 0 spiro atoms. The fourth-order valence-electron chi connectivity index (χ4n) is 3.83. The third kappa shape index (κ3) is 2.90. The van der Waals surface area contributed by atoms with E-state index >= 15 is 0 Å². The van der Waals surface area contributed by atoms with Crippen molar-refractivity contribution in [2.75, 3.05) is 32.9 Å². The molecule has 1 aromatic carbocycles. The molecule has 0 bridgehead atoms. The van der Waals surface area contributed by atoms with Crippen LogP contribution in [0.4, 0.5) is 0 Å². The van der Waals surface area contributed by atoms with Gasteiger partial charge in [-0.15, -0.1) is 11.8 Å². The van der Waals surface area contributed by atoms with Gasteiger partial charge >= 0.3 is 0 Å². The Labute approximate surface area is 127 Å². The van der Waals surface area contributed by atoms with Gasteiger partial charge in [0.05, 0.1) is 0 Å². The highest BCUT2D eigenvalue weighted by atomic mass is 32.2. The third-order valence-electron chi connectivity index (χ3n) is 4.96. The van der Waals surface area contributed by atoms with Crippen molar-refractivity contribution < 1.29 is 0 Å². The number of hydrogen-bond donors (Lipinski definition) is 1. The highest BCUT2D eigenvalue weighted by Crippen LogP contribution is 2.37. The SMILES string of the molecule is CSc1ccc2c(c1)CCCC2C1CNCCCN1C. The number of aryl methyl sites for hydroxylation is 1. The summed E-state index contributed by atoms with van der Waals surface area (Å²) in [4.78, 5) is 4.00. The van der Waals surface area contributed by atoms with Crippen LogP contribution < -0.4 is 5.32 Å². The van der Waals surface area contributed by atoms with E-state index in [-0.39, 0.29) is 0 Å². The summed E-state index contributed by atoms with van der Waals surface area (Å²) in [5.41, 5.74) is 3.22. The van der Waals surface area contributed by atoms with Gasteiger partial charge < -0.3 is 10.2 Å². The minimum Gasteiger partial charge on any atom is -0.315 e. The molecule has 1 aromatic rings. The second-order valence-corrected chi connectivity index (χ2v) is 7.05. The average molecular weight is 290 g/mol. The molecule has 3 heteroatoms.